The Balaban J connectivity index is 1.45. The number of rotatable bonds is 3. The van der Waals surface area contributed by atoms with E-state index >= 15 is 0 Å². The van der Waals surface area contributed by atoms with Gasteiger partial charge < -0.3 is 4.74 Å². The lowest BCUT2D eigenvalue weighted by molar-refractivity contribution is -0.120. The van der Waals surface area contributed by atoms with Crippen LogP contribution in [0.25, 0.3) is 0 Å². The molecule has 0 radical (unpaired) electrons. The van der Waals surface area contributed by atoms with Gasteiger partial charge in [0.1, 0.15) is 12.4 Å². The Hall–Kier alpha value is -1.65. The molecule has 0 spiro atoms. The van der Waals surface area contributed by atoms with Crippen LogP contribution >= 0.6 is 0 Å². The van der Waals surface area contributed by atoms with Gasteiger partial charge in [-0.2, -0.15) is 0 Å². The molecular formula is C23H32N2O3. The summed E-state index contributed by atoms with van der Waals surface area (Å²) >= 11 is 0. The zero-order chi connectivity index (χ0) is 19.3. The molecule has 1 amide bonds. The van der Waals surface area contributed by atoms with Crippen LogP contribution < -0.4 is 0 Å². The topological polar surface area (TPSA) is 59.0 Å². The predicted molar refractivity (Wildman–Crippen MR) is 107 cm³/mol. The molecule has 5 rings (SSSR count). The maximum absolute atomic E-state index is 13.0. The fourth-order valence-electron chi connectivity index (χ4n) is 6.78. The molecule has 5 aliphatic rings. The average Bonchev–Trinajstić information content (AvgIpc) is 3.24. The van der Waals surface area contributed by atoms with Crippen LogP contribution in [0, 0.1) is 29.6 Å². The maximum atomic E-state index is 13.0. The Labute approximate surface area is 167 Å². The molecule has 3 aliphatic carbocycles. The van der Waals surface area contributed by atoms with Crippen molar-refractivity contribution in [3.63, 3.8) is 0 Å². The number of hydrogen-bond acceptors (Lipinski definition) is 4. The van der Waals surface area contributed by atoms with Crippen LogP contribution in [-0.4, -0.2) is 41.7 Å². The van der Waals surface area contributed by atoms with E-state index in [1.807, 2.05) is 4.90 Å². The summed E-state index contributed by atoms with van der Waals surface area (Å²) in [6.45, 7) is 3.32. The highest BCUT2D eigenvalue weighted by atomic mass is 16.6. The molecule has 0 aromatic carbocycles. The molecule has 0 aromatic heterocycles. The van der Waals surface area contributed by atoms with Gasteiger partial charge in [0.25, 0.3) is 0 Å². The molecule has 5 heteroatoms. The summed E-state index contributed by atoms with van der Waals surface area (Å²) in [5.74, 6) is 2.21. The Bertz CT molecular complexity index is 727. The van der Waals surface area contributed by atoms with Crippen LogP contribution in [0.4, 0.5) is 4.79 Å². The normalized spacial score (nSPS) is 40.5. The van der Waals surface area contributed by atoms with Crippen molar-refractivity contribution in [2.45, 2.75) is 70.8 Å². The van der Waals surface area contributed by atoms with Gasteiger partial charge in [0.15, 0.2) is 0 Å². The van der Waals surface area contributed by atoms with E-state index in [4.69, 9.17) is 9.73 Å². The number of ether oxygens (including phenoxy) is 1. The zero-order valence-electron chi connectivity index (χ0n) is 16.9. The number of carbonyl (C=O) groups excluding carboxylic acids is 2. The summed E-state index contributed by atoms with van der Waals surface area (Å²) in [5.41, 5.74) is 2.45. The van der Waals surface area contributed by atoms with Crippen LogP contribution in [0.2, 0.25) is 0 Å². The number of nitrogens with zero attached hydrogens (tertiary/aromatic N) is 2. The van der Waals surface area contributed by atoms with Crippen molar-refractivity contribution in [3.8, 4) is 0 Å². The zero-order valence-corrected chi connectivity index (χ0v) is 16.9. The summed E-state index contributed by atoms with van der Waals surface area (Å²) in [6.07, 6.45) is 12.0. The summed E-state index contributed by atoms with van der Waals surface area (Å²) in [4.78, 5) is 32.0. The average molecular weight is 385 g/mol. The van der Waals surface area contributed by atoms with E-state index in [0.29, 0.717) is 55.1 Å². The number of aliphatic imine (C=N–C) groups is 1. The second kappa shape index (κ2) is 7.31. The molecule has 1 saturated heterocycles. The lowest BCUT2D eigenvalue weighted by Crippen LogP contribution is -2.43. The standard InChI is InChI=1S/C23H32N2O3/c1-14-5-4-6-16(24-14)11-15-12-21(26)19-13-20(25-9-10-28-23(25)27)17-7-2-3-8-18(17)22(15)19/h13-15,17-19,22H,2-12H2,1H3/t14-,15-,17+,18+,19-,22-/m0/s1. The molecule has 152 valence electrons. The van der Waals surface area contributed by atoms with Crippen molar-refractivity contribution in [1.82, 2.24) is 4.90 Å². The number of cyclic esters (lactones) is 1. The monoisotopic (exact) mass is 384 g/mol. The molecule has 6 atom stereocenters. The van der Waals surface area contributed by atoms with Crippen molar-refractivity contribution in [2.24, 2.45) is 34.6 Å². The van der Waals surface area contributed by atoms with Gasteiger partial charge in [0.2, 0.25) is 0 Å². The molecule has 2 saturated carbocycles. The lowest BCUT2D eigenvalue weighted by atomic mass is 9.61. The van der Waals surface area contributed by atoms with Crippen molar-refractivity contribution in [2.75, 3.05) is 13.2 Å². The number of ketones is 1. The van der Waals surface area contributed by atoms with E-state index in [0.717, 1.165) is 25.0 Å². The van der Waals surface area contributed by atoms with E-state index in [1.165, 1.54) is 37.8 Å². The highest BCUT2D eigenvalue weighted by molar-refractivity contribution is 5.90. The SMILES string of the molecule is C[C@H]1CCCC(C[C@H]2CC(=O)[C@@H]3C=C(N4CCOC4=O)[C@@H]4CCCC[C@H]4[C@H]23)=N1. The molecule has 28 heavy (non-hydrogen) atoms. The third kappa shape index (κ3) is 3.11. The van der Waals surface area contributed by atoms with E-state index in [1.54, 1.807) is 0 Å². The van der Waals surface area contributed by atoms with Crippen molar-refractivity contribution in [3.05, 3.63) is 11.8 Å². The van der Waals surface area contributed by atoms with E-state index in [-0.39, 0.29) is 12.0 Å². The van der Waals surface area contributed by atoms with Crippen LogP contribution in [0.1, 0.15) is 64.7 Å². The first kappa shape index (κ1) is 18.4. The maximum Gasteiger partial charge on any atom is 0.414 e. The Kier molecular flexibility index (Phi) is 4.80. The van der Waals surface area contributed by atoms with E-state index in [2.05, 4.69) is 13.0 Å². The minimum atomic E-state index is -0.221. The molecule has 0 bridgehead atoms. The summed E-state index contributed by atoms with van der Waals surface area (Å²) in [7, 11) is 0. The van der Waals surface area contributed by atoms with Gasteiger partial charge in [0, 0.05) is 35.7 Å². The first-order valence-corrected chi connectivity index (χ1v) is 11.4. The molecule has 2 aliphatic heterocycles. The van der Waals surface area contributed by atoms with Crippen molar-refractivity contribution in [1.29, 1.82) is 0 Å². The number of fused-ring (bicyclic) bond motifs is 3. The Morgan fingerprint density at radius 2 is 2.04 bits per heavy atom. The van der Waals surface area contributed by atoms with Gasteiger partial charge in [-0.25, -0.2) is 4.79 Å². The first-order chi connectivity index (χ1) is 13.6. The van der Waals surface area contributed by atoms with Gasteiger partial charge in [-0.15, -0.1) is 0 Å². The second-order valence-corrected chi connectivity index (χ2v) is 9.59. The third-order valence-electron chi connectivity index (χ3n) is 7.90. The smallest absolute Gasteiger partial charge is 0.414 e. The van der Waals surface area contributed by atoms with E-state index in [9.17, 15) is 9.59 Å². The molecule has 3 fully saturated rings. The number of amides is 1. The minimum absolute atomic E-state index is 0.00522. The highest BCUT2D eigenvalue weighted by Crippen LogP contribution is 2.54. The lowest BCUT2D eigenvalue weighted by Gasteiger charge is -2.45. The molecule has 0 unspecified atom stereocenters. The first-order valence-electron chi connectivity index (χ1n) is 11.4. The van der Waals surface area contributed by atoms with Gasteiger partial charge in [0.05, 0.1) is 6.54 Å². The van der Waals surface area contributed by atoms with Crippen molar-refractivity contribution >= 4 is 17.6 Å². The van der Waals surface area contributed by atoms with Crippen LogP contribution in [0.15, 0.2) is 16.8 Å². The number of Topliss-reactive ketones (excluding diaryl/α,β-unsaturated/α-hetero) is 1. The largest absolute Gasteiger partial charge is 0.447 e. The van der Waals surface area contributed by atoms with Crippen LogP contribution in [-0.2, 0) is 9.53 Å². The highest BCUT2D eigenvalue weighted by Gasteiger charge is 2.52. The third-order valence-corrected chi connectivity index (χ3v) is 7.90. The number of hydrogen-bond donors (Lipinski definition) is 0. The summed E-state index contributed by atoms with van der Waals surface area (Å²) < 4.78 is 5.21. The van der Waals surface area contributed by atoms with Crippen LogP contribution in [0.3, 0.4) is 0 Å². The number of carbonyl (C=O) groups is 2. The molecule has 5 nitrogen and oxygen atoms in total. The van der Waals surface area contributed by atoms with Gasteiger partial charge in [-0.05, 0) is 63.2 Å². The Morgan fingerprint density at radius 1 is 1.18 bits per heavy atom. The summed E-state index contributed by atoms with van der Waals surface area (Å²) in [6, 6.07) is 0.443. The Morgan fingerprint density at radius 3 is 2.82 bits per heavy atom. The minimum Gasteiger partial charge on any atom is -0.447 e. The fourth-order valence-corrected chi connectivity index (χ4v) is 6.78. The van der Waals surface area contributed by atoms with Crippen molar-refractivity contribution < 1.29 is 14.3 Å². The van der Waals surface area contributed by atoms with Crippen LogP contribution in [0.5, 0.6) is 0 Å². The van der Waals surface area contributed by atoms with Gasteiger partial charge in [-0.3, -0.25) is 14.7 Å². The molecule has 0 N–H and O–H groups in total. The predicted octanol–water partition coefficient (Wildman–Crippen LogP) is 4.37. The number of allylic oxidation sites excluding steroid dienone is 2. The summed E-state index contributed by atoms with van der Waals surface area (Å²) in [5, 5.41) is 0. The van der Waals surface area contributed by atoms with E-state index < -0.39 is 0 Å². The molecule has 0 aromatic rings. The van der Waals surface area contributed by atoms with Gasteiger partial charge >= 0.3 is 6.09 Å². The molecular weight excluding hydrogens is 352 g/mol. The quantitative estimate of drug-likeness (QED) is 0.726. The fraction of sp³-hybridized carbons (Fsp3) is 0.783. The second-order valence-electron chi connectivity index (χ2n) is 9.59. The van der Waals surface area contributed by atoms with Gasteiger partial charge in [-0.1, -0.05) is 18.9 Å². The molecule has 2 heterocycles.